The molecule has 0 aliphatic heterocycles. The second-order valence-electron chi connectivity index (χ2n) is 3.06. The molecule has 0 saturated heterocycles. The van der Waals surface area contributed by atoms with Gasteiger partial charge in [-0.1, -0.05) is 0 Å². The normalized spacial score (nSPS) is 10.2. The van der Waals surface area contributed by atoms with Crippen LogP contribution in [0.15, 0.2) is 12.3 Å². The molecule has 0 bridgehead atoms. The van der Waals surface area contributed by atoms with Crippen LogP contribution in [0.5, 0.6) is 6.01 Å². The van der Waals surface area contributed by atoms with Gasteiger partial charge in [0.2, 0.25) is 5.95 Å². The van der Waals surface area contributed by atoms with Gasteiger partial charge in [0.15, 0.2) is 5.82 Å². The van der Waals surface area contributed by atoms with Crippen LogP contribution in [0.2, 0.25) is 0 Å². The lowest BCUT2D eigenvalue weighted by atomic mass is 10.4. The van der Waals surface area contributed by atoms with Crippen molar-refractivity contribution >= 4 is 5.95 Å². The van der Waals surface area contributed by atoms with E-state index < -0.39 is 0 Å². The number of hydrogen-bond donors (Lipinski definition) is 1. The van der Waals surface area contributed by atoms with E-state index in [9.17, 15) is 0 Å². The van der Waals surface area contributed by atoms with Gasteiger partial charge in [0, 0.05) is 20.3 Å². The predicted molar refractivity (Wildman–Crippen MR) is 58.1 cm³/mol. The van der Waals surface area contributed by atoms with E-state index in [2.05, 4.69) is 25.4 Å². The first-order valence-corrected chi connectivity index (χ1v) is 4.71. The van der Waals surface area contributed by atoms with Crippen LogP contribution in [-0.2, 0) is 7.05 Å². The third kappa shape index (κ3) is 1.79. The average molecular weight is 220 g/mol. The fourth-order valence-corrected chi connectivity index (χ4v) is 1.27. The third-order valence-corrected chi connectivity index (χ3v) is 2.07. The lowest BCUT2D eigenvalue weighted by Crippen LogP contribution is -2.05. The van der Waals surface area contributed by atoms with Gasteiger partial charge in [0.1, 0.15) is 5.69 Å². The number of nitrogens with one attached hydrogen (secondary N) is 1. The maximum absolute atomic E-state index is 5.00. The fraction of sp³-hybridized carbons (Fsp3) is 0.333. The Morgan fingerprint density at radius 1 is 1.31 bits per heavy atom. The number of methoxy groups -OCH3 is 1. The van der Waals surface area contributed by atoms with E-state index in [1.807, 2.05) is 13.1 Å². The summed E-state index contributed by atoms with van der Waals surface area (Å²) < 4.78 is 6.69. The monoisotopic (exact) mass is 220 g/mol. The molecule has 2 aromatic heterocycles. The van der Waals surface area contributed by atoms with Crippen molar-refractivity contribution in [2.24, 2.45) is 7.05 Å². The minimum Gasteiger partial charge on any atom is -0.467 e. The van der Waals surface area contributed by atoms with Crippen LogP contribution in [-0.4, -0.2) is 38.9 Å². The van der Waals surface area contributed by atoms with Gasteiger partial charge in [-0.2, -0.15) is 20.1 Å². The molecule has 0 aromatic carbocycles. The molecule has 1 N–H and O–H groups in total. The van der Waals surface area contributed by atoms with Crippen LogP contribution in [0.1, 0.15) is 0 Å². The van der Waals surface area contributed by atoms with Gasteiger partial charge in [0.05, 0.1) is 7.11 Å². The van der Waals surface area contributed by atoms with E-state index in [4.69, 9.17) is 4.74 Å². The average Bonchev–Trinajstić information content (AvgIpc) is 2.74. The van der Waals surface area contributed by atoms with Crippen LogP contribution >= 0.6 is 0 Å². The number of hydrogen-bond acceptors (Lipinski definition) is 6. The highest BCUT2D eigenvalue weighted by atomic mass is 16.5. The molecule has 0 saturated carbocycles. The Bertz CT molecular complexity index is 472. The molecule has 84 valence electrons. The summed E-state index contributed by atoms with van der Waals surface area (Å²) in [5.74, 6) is 0.985. The van der Waals surface area contributed by atoms with Crippen molar-refractivity contribution in [3.8, 4) is 17.5 Å². The molecule has 2 heterocycles. The van der Waals surface area contributed by atoms with Gasteiger partial charge in [-0.15, -0.1) is 0 Å². The zero-order chi connectivity index (χ0) is 11.5. The number of rotatable bonds is 3. The molecule has 0 aliphatic rings. The van der Waals surface area contributed by atoms with E-state index in [1.165, 1.54) is 7.11 Å². The molecule has 0 unspecified atom stereocenters. The first-order chi connectivity index (χ1) is 7.74. The van der Waals surface area contributed by atoms with E-state index in [0.717, 1.165) is 5.69 Å². The van der Waals surface area contributed by atoms with Crippen molar-refractivity contribution in [3.63, 3.8) is 0 Å². The Balaban J connectivity index is 2.52. The zero-order valence-electron chi connectivity index (χ0n) is 9.30. The Labute approximate surface area is 92.5 Å². The molecule has 2 aromatic rings. The van der Waals surface area contributed by atoms with Crippen molar-refractivity contribution < 1.29 is 4.74 Å². The minimum atomic E-state index is 0.274. The summed E-state index contributed by atoms with van der Waals surface area (Å²) in [5, 5.41) is 6.91. The SMILES string of the molecule is CNc1nc(OC)nc(-c2ccnn2C)n1. The van der Waals surface area contributed by atoms with Gasteiger partial charge >= 0.3 is 6.01 Å². The van der Waals surface area contributed by atoms with Crippen LogP contribution < -0.4 is 10.1 Å². The van der Waals surface area contributed by atoms with E-state index >= 15 is 0 Å². The van der Waals surface area contributed by atoms with Crippen LogP contribution in [0.25, 0.3) is 11.5 Å². The maximum atomic E-state index is 5.00. The second-order valence-corrected chi connectivity index (χ2v) is 3.06. The molecule has 7 nitrogen and oxygen atoms in total. The lowest BCUT2D eigenvalue weighted by molar-refractivity contribution is 0.379. The molecule has 2 rings (SSSR count). The highest BCUT2D eigenvalue weighted by Crippen LogP contribution is 2.17. The van der Waals surface area contributed by atoms with Crippen molar-refractivity contribution in [2.75, 3.05) is 19.5 Å². The second kappa shape index (κ2) is 4.13. The number of nitrogens with zero attached hydrogens (tertiary/aromatic N) is 5. The quantitative estimate of drug-likeness (QED) is 0.802. The highest BCUT2D eigenvalue weighted by molar-refractivity contribution is 5.51. The first-order valence-electron chi connectivity index (χ1n) is 4.71. The van der Waals surface area contributed by atoms with Crippen LogP contribution in [0.3, 0.4) is 0 Å². The summed E-state index contributed by atoms with van der Waals surface area (Å²) in [6.45, 7) is 0. The van der Waals surface area contributed by atoms with Gasteiger partial charge in [-0.05, 0) is 6.07 Å². The molecule has 0 spiro atoms. The molecule has 0 amide bonds. The van der Waals surface area contributed by atoms with Crippen molar-refractivity contribution in [1.29, 1.82) is 0 Å². The zero-order valence-corrected chi connectivity index (χ0v) is 9.30. The molecular weight excluding hydrogens is 208 g/mol. The van der Waals surface area contributed by atoms with Gasteiger partial charge < -0.3 is 10.1 Å². The summed E-state index contributed by atoms with van der Waals surface area (Å²) >= 11 is 0. The number of anilines is 1. The molecule has 7 heteroatoms. The summed E-state index contributed by atoms with van der Waals surface area (Å²) in [6.07, 6.45) is 1.69. The van der Waals surface area contributed by atoms with Crippen LogP contribution in [0, 0.1) is 0 Å². The molecule has 0 fully saturated rings. The van der Waals surface area contributed by atoms with Gasteiger partial charge in [0.25, 0.3) is 0 Å². The van der Waals surface area contributed by atoms with Crippen molar-refractivity contribution in [1.82, 2.24) is 24.7 Å². The topological polar surface area (TPSA) is 77.8 Å². The standard InChI is InChI=1S/C9H12N6O/c1-10-8-12-7(13-9(14-8)16-3)6-4-5-11-15(6)2/h4-5H,1-3H3,(H,10,12,13,14). The largest absolute Gasteiger partial charge is 0.467 e. The number of aromatic nitrogens is 5. The Kier molecular flexibility index (Phi) is 2.67. The van der Waals surface area contributed by atoms with Gasteiger partial charge in [-0.3, -0.25) is 4.68 Å². The molecule has 0 aliphatic carbocycles. The first kappa shape index (κ1) is 10.3. The Morgan fingerprint density at radius 3 is 2.69 bits per heavy atom. The highest BCUT2D eigenvalue weighted by Gasteiger charge is 2.10. The number of aryl methyl sites for hydroxylation is 1. The van der Waals surface area contributed by atoms with Crippen molar-refractivity contribution in [2.45, 2.75) is 0 Å². The molecule has 0 radical (unpaired) electrons. The molecular formula is C9H12N6O. The summed E-state index contributed by atoms with van der Waals surface area (Å²) in [7, 11) is 5.08. The Hall–Kier alpha value is -2.18. The summed E-state index contributed by atoms with van der Waals surface area (Å²) in [5.41, 5.74) is 0.803. The van der Waals surface area contributed by atoms with Gasteiger partial charge in [-0.25, -0.2) is 0 Å². The molecule has 16 heavy (non-hydrogen) atoms. The lowest BCUT2D eigenvalue weighted by Gasteiger charge is -2.05. The van der Waals surface area contributed by atoms with Crippen LogP contribution in [0.4, 0.5) is 5.95 Å². The van der Waals surface area contributed by atoms with E-state index in [-0.39, 0.29) is 6.01 Å². The predicted octanol–water partition coefficient (Wildman–Crippen LogP) is 0.322. The fourth-order valence-electron chi connectivity index (χ4n) is 1.27. The number of ether oxygens (including phenoxy) is 1. The summed E-state index contributed by atoms with van der Waals surface area (Å²) in [6, 6.07) is 2.10. The minimum absolute atomic E-state index is 0.274. The molecule has 0 atom stereocenters. The van der Waals surface area contributed by atoms with E-state index in [1.54, 1.807) is 17.9 Å². The Morgan fingerprint density at radius 2 is 2.12 bits per heavy atom. The van der Waals surface area contributed by atoms with E-state index in [0.29, 0.717) is 11.8 Å². The maximum Gasteiger partial charge on any atom is 0.321 e. The summed E-state index contributed by atoms with van der Waals surface area (Å²) in [4.78, 5) is 12.4. The third-order valence-electron chi connectivity index (χ3n) is 2.07. The smallest absolute Gasteiger partial charge is 0.321 e. The van der Waals surface area contributed by atoms with Crippen molar-refractivity contribution in [3.05, 3.63) is 12.3 Å².